The lowest BCUT2D eigenvalue weighted by atomic mass is 9.43. The van der Waals surface area contributed by atoms with E-state index >= 15 is 0 Å². The molecule has 0 radical (unpaired) electrons. The van der Waals surface area contributed by atoms with Crippen molar-refractivity contribution in [2.75, 3.05) is 0 Å². The second-order valence-electron chi connectivity index (χ2n) is 13.3. The summed E-state index contributed by atoms with van der Waals surface area (Å²) in [5.74, 6) is 2.71. The lowest BCUT2D eigenvalue weighted by Crippen LogP contribution is -2.53. The van der Waals surface area contributed by atoms with Gasteiger partial charge in [0.15, 0.2) is 0 Å². The third kappa shape index (κ3) is 3.26. The molecule has 1 nitrogen and oxygen atoms in total. The highest BCUT2D eigenvalue weighted by Crippen LogP contribution is 2.72. The Kier molecular flexibility index (Phi) is 5.71. The van der Waals surface area contributed by atoms with Crippen molar-refractivity contribution in [1.82, 2.24) is 0 Å². The van der Waals surface area contributed by atoms with Crippen LogP contribution in [0.3, 0.4) is 0 Å². The van der Waals surface area contributed by atoms with Crippen molar-refractivity contribution >= 4 is 5.78 Å². The summed E-state index contributed by atoms with van der Waals surface area (Å²) in [6.07, 6.45) is 14.8. The fraction of sp³-hybridized carbons (Fsp3) is 0.833. The first kappa shape index (κ1) is 23.3. The van der Waals surface area contributed by atoms with Crippen LogP contribution >= 0.6 is 0 Å². The summed E-state index contributed by atoms with van der Waals surface area (Å²) in [5, 5.41) is 0. The molecule has 31 heavy (non-hydrogen) atoms. The number of ketones is 1. The van der Waals surface area contributed by atoms with E-state index in [0.29, 0.717) is 22.5 Å². The monoisotopic (exact) mass is 424 g/mol. The third-order valence-electron chi connectivity index (χ3n) is 11.4. The second kappa shape index (κ2) is 7.59. The minimum Gasteiger partial charge on any atom is -0.299 e. The van der Waals surface area contributed by atoms with Crippen molar-refractivity contribution in [3.05, 3.63) is 22.8 Å². The zero-order chi connectivity index (χ0) is 22.8. The van der Waals surface area contributed by atoms with E-state index in [2.05, 4.69) is 61.5 Å². The number of allylic oxidation sites excluding steroid dienone is 4. The predicted octanol–water partition coefficient (Wildman–Crippen LogP) is 8.69. The molecule has 4 aliphatic carbocycles. The Morgan fingerprint density at radius 3 is 2.35 bits per heavy atom. The highest BCUT2D eigenvalue weighted by Gasteiger charge is 2.63. The molecule has 174 valence electrons. The smallest absolute Gasteiger partial charge is 0.138 e. The molecule has 2 saturated carbocycles. The van der Waals surface area contributed by atoms with Gasteiger partial charge in [-0.15, -0.1) is 0 Å². The number of carbonyl (C=O) groups is 1. The first-order chi connectivity index (χ1) is 14.4. The molecule has 0 N–H and O–H groups in total. The number of hydrogen-bond acceptors (Lipinski definition) is 1. The second-order valence-corrected chi connectivity index (χ2v) is 13.3. The van der Waals surface area contributed by atoms with Crippen LogP contribution in [0.5, 0.6) is 0 Å². The zero-order valence-corrected chi connectivity index (χ0v) is 21.8. The highest BCUT2D eigenvalue weighted by atomic mass is 16.1. The van der Waals surface area contributed by atoms with Crippen molar-refractivity contribution < 1.29 is 4.79 Å². The van der Waals surface area contributed by atoms with Crippen LogP contribution in [-0.4, -0.2) is 5.78 Å². The first-order valence-electron chi connectivity index (χ1n) is 13.3. The summed E-state index contributed by atoms with van der Waals surface area (Å²) < 4.78 is 0. The van der Waals surface area contributed by atoms with E-state index in [1.54, 1.807) is 0 Å². The molecule has 4 aliphatic rings. The Balaban J connectivity index is 1.66. The van der Waals surface area contributed by atoms with Crippen LogP contribution in [0, 0.1) is 39.4 Å². The minimum atomic E-state index is -0.148. The molecule has 4 rings (SSSR count). The van der Waals surface area contributed by atoms with Crippen LogP contribution in [0.2, 0.25) is 0 Å². The average Bonchev–Trinajstić information content (AvgIpc) is 2.96. The van der Waals surface area contributed by atoms with Gasteiger partial charge in [-0.3, -0.25) is 4.79 Å². The zero-order valence-electron chi connectivity index (χ0n) is 21.8. The Bertz CT molecular complexity index is 808. The lowest BCUT2D eigenvalue weighted by molar-refractivity contribution is -0.139. The average molecular weight is 425 g/mol. The van der Waals surface area contributed by atoms with Gasteiger partial charge in [-0.1, -0.05) is 64.3 Å². The summed E-state index contributed by atoms with van der Waals surface area (Å²) in [7, 11) is 0. The van der Waals surface area contributed by atoms with Gasteiger partial charge in [-0.2, -0.15) is 0 Å². The van der Waals surface area contributed by atoms with Crippen LogP contribution in [0.25, 0.3) is 0 Å². The molecule has 2 fully saturated rings. The molecule has 0 heterocycles. The van der Waals surface area contributed by atoms with Crippen LogP contribution in [0.15, 0.2) is 22.8 Å². The first-order valence-corrected chi connectivity index (χ1v) is 13.3. The topological polar surface area (TPSA) is 17.1 Å². The molecule has 0 amide bonds. The molecule has 0 aromatic carbocycles. The van der Waals surface area contributed by atoms with Gasteiger partial charge in [-0.25, -0.2) is 0 Å². The Morgan fingerprint density at radius 1 is 0.968 bits per heavy atom. The maximum atomic E-state index is 12.8. The summed E-state index contributed by atoms with van der Waals surface area (Å²) in [5.41, 5.74) is 6.04. The van der Waals surface area contributed by atoms with Crippen LogP contribution < -0.4 is 0 Å². The van der Waals surface area contributed by atoms with Gasteiger partial charge in [0.25, 0.3) is 0 Å². The summed E-state index contributed by atoms with van der Waals surface area (Å²) in [6, 6.07) is 0. The molecular weight excluding hydrogens is 376 g/mol. The van der Waals surface area contributed by atoms with Gasteiger partial charge in [0.2, 0.25) is 0 Å². The fourth-order valence-electron chi connectivity index (χ4n) is 9.28. The van der Waals surface area contributed by atoms with E-state index in [0.717, 1.165) is 24.7 Å². The SMILES string of the molecule is CC(C)=CCCC(C)C1CCC2(C)C3=C(CCC12C)C1(C)CCC(=O)C(C)(C)C1CC3. The van der Waals surface area contributed by atoms with Gasteiger partial charge >= 0.3 is 0 Å². The number of rotatable bonds is 4. The van der Waals surface area contributed by atoms with E-state index in [4.69, 9.17) is 0 Å². The van der Waals surface area contributed by atoms with Crippen molar-refractivity contribution in [2.45, 2.75) is 120 Å². The quantitative estimate of drug-likeness (QED) is 0.412. The fourth-order valence-corrected chi connectivity index (χ4v) is 9.28. The van der Waals surface area contributed by atoms with Crippen LogP contribution in [0.1, 0.15) is 120 Å². The van der Waals surface area contributed by atoms with E-state index in [1.807, 2.05) is 11.1 Å². The Morgan fingerprint density at radius 2 is 1.68 bits per heavy atom. The van der Waals surface area contributed by atoms with Gasteiger partial charge in [0.05, 0.1) is 0 Å². The highest BCUT2D eigenvalue weighted by molar-refractivity contribution is 5.85. The number of carbonyl (C=O) groups excluding carboxylic acids is 1. The van der Waals surface area contributed by atoms with Gasteiger partial charge in [-0.05, 0) is 106 Å². The molecule has 6 unspecified atom stereocenters. The molecule has 6 atom stereocenters. The van der Waals surface area contributed by atoms with Gasteiger partial charge in [0.1, 0.15) is 5.78 Å². The van der Waals surface area contributed by atoms with Crippen LogP contribution in [0.4, 0.5) is 0 Å². The Hall–Kier alpha value is -0.850. The maximum Gasteiger partial charge on any atom is 0.138 e. The lowest BCUT2D eigenvalue weighted by Gasteiger charge is -2.61. The Labute approximate surface area is 192 Å². The molecule has 0 saturated heterocycles. The van der Waals surface area contributed by atoms with E-state index in [9.17, 15) is 4.79 Å². The molecule has 0 aromatic rings. The number of Topliss-reactive ketones (excluding diaryl/α,β-unsaturated/α-hetero) is 1. The molecule has 0 bridgehead atoms. The molecule has 0 aliphatic heterocycles. The van der Waals surface area contributed by atoms with Crippen molar-refractivity contribution in [3.63, 3.8) is 0 Å². The van der Waals surface area contributed by atoms with Crippen molar-refractivity contribution in [3.8, 4) is 0 Å². The van der Waals surface area contributed by atoms with E-state index in [-0.39, 0.29) is 10.8 Å². The van der Waals surface area contributed by atoms with E-state index < -0.39 is 0 Å². The maximum absolute atomic E-state index is 12.8. The van der Waals surface area contributed by atoms with Crippen LogP contribution in [-0.2, 0) is 4.79 Å². The standard InChI is InChI=1S/C30H48O/c1-20(2)10-9-11-21(3)22-14-18-30(8)24-12-13-25-27(4,5)26(31)16-17-28(25,6)23(24)15-19-29(22,30)7/h10,21-22,25H,9,11-19H2,1-8H3. The molecule has 0 spiro atoms. The predicted molar refractivity (Wildman–Crippen MR) is 132 cm³/mol. The third-order valence-corrected chi connectivity index (χ3v) is 11.4. The largest absolute Gasteiger partial charge is 0.299 e. The summed E-state index contributed by atoms with van der Waals surface area (Å²) in [6.45, 7) is 19.3. The normalized spacial score (nSPS) is 42.5. The van der Waals surface area contributed by atoms with Gasteiger partial charge in [0, 0.05) is 11.8 Å². The molecule has 1 heteroatoms. The minimum absolute atomic E-state index is 0.148. The number of fused-ring (bicyclic) bond motifs is 4. The molecule has 0 aromatic heterocycles. The summed E-state index contributed by atoms with van der Waals surface area (Å²) in [4.78, 5) is 12.8. The molecular formula is C30H48O. The number of hydrogen-bond donors (Lipinski definition) is 0. The van der Waals surface area contributed by atoms with E-state index in [1.165, 1.54) is 56.9 Å². The summed E-state index contributed by atoms with van der Waals surface area (Å²) >= 11 is 0. The van der Waals surface area contributed by atoms with Crippen molar-refractivity contribution in [1.29, 1.82) is 0 Å². The van der Waals surface area contributed by atoms with Gasteiger partial charge < -0.3 is 0 Å². The van der Waals surface area contributed by atoms with Crippen molar-refractivity contribution in [2.24, 2.45) is 39.4 Å².